The molecule has 1 aromatic heterocycles. The topological polar surface area (TPSA) is 67.6 Å². The van der Waals surface area contributed by atoms with Gasteiger partial charge in [0.2, 0.25) is 0 Å². The molecule has 0 aliphatic carbocycles. The number of hydrogen-bond acceptors (Lipinski definition) is 3. The van der Waals surface area contributed by atoms with Crippen LogP contribution in [0.15, 0.2) is 48.7 Å². The molecule has 3 aromatic rings. The molecule has 2 N–H and O–H groups in total. The van der Waals surface area contributed by atoms with E-state index in [-0.39, 0.29) is 12.1 Å². The Hall–Kier alpha value is -3.04. The van der Waals surface area contributed by atoms with Crippen molar-refractivity contribution in [1.82, 2.24) is 9.78 Å². The highest BCUT2D eigenvalue weighted by molar-refractivity contribution is 5.60. The average Bonchev–Trinajstić information content (AvgIpc) is 3.04. The molecule has 114 valence electrons. The molecular formula is C17H12F2N4. The minimum atomic E-state index is -0.599. The Balaban J connectivity index is 1.96. The standard InChI is InChI=1S/C17H12F2N4/c18-15-7-11(1-2-12(15)9-20)17-5-6-23(22-17)14-4-3-13(10-21)16(19)8-14/h1-8H,10,21H2. The molecule has 1 heterocycles. The third-order valence-corrected chi connectivity index (χ3v) is 3.50. The van der Waals surface area contributed by atoms with Crippen LogP contribution >= 0.6 is 0 Å². The van der Waals surface area contributed by atoms with E-state index in [2.05, 4.69) is 5.10 Å². The van der Waals surface area contributed by atoms with Gasteiger partial charge in [-0.15, -0.1) is 0 Å². The lowest BCUT2D eigenvalue weighted by Gasteiger charge is -2.05. The van der Waals surface area contributed by atoms with E-state index in [1.165, 1.54) is 22.9 Å². The van der Waals surface area contributed by atoms with Gasteiger partial charge in [0.15, 0.2) is 0 Å². The molecule has 0 saturated carbocycles. The van der Waals surface area contributed by atoms with Crippen molar-refractivity contribution in [3.63, 3.8) is 0 Å². The summed E-state index contributed by atoms with van der Waals surface area (Å²) in [5.74, 6) is -0.996. The van der Waals surface area contributed by atoms with E-state index in [9.17, 15) is 8.78 Å². The van der Waals surface area contributed by atoms with Crippen molar-refractivity contribution in [1.29, 1.82) is 5.26 Å². The van der Waals surface area contributed by atoms with Crippen molar-refractivity contribution in [2.24, 2.45) is 5.73 Å². The van der Waals surface area contributed by atoms with Gasteiger partial charge >= 0.3 is 0 Å². The Morgan fingerprint density at radius 2 is 1.91 bits per heavy atom. The minimum absolute atomic E-state index is 0.0207. The second-order valence-corrected chi connectivity index (χ2v) is 4.93. The normalized spacial score (nSPS) is 10.5. The molecule has 0 radical (unpaired) electrons. The van der Waals surface area contributed by atoms with Gasteiger partial charge in [-0.1, -0.05) is 12.1 Å². The van der Waals surface area contributed by atoms with E-state index in [4.69, 9.17) is 11.0 Å². The van der Waals surface area contributed by atoms with Crippen LogP contribution in [0.2, 0.25) is 0 Å². The molecule has 0 atom stereocenters. The van der Waals surface area contributed by atoms with Crippen LogP contribution in [0.4, 0.5) is 8.78 Å². The van der Waals surface area contributed by atoms with Gasteiger partial charge in [-0.2, -0.15) is 10.4 Å². The molecule has 0 spiro atoms. The average molecular weight is 310 g/mol. The minimum Gasteiger partial charge on any atom is -0.326 e. The van der Waals surface area contributed by atoms with Crippen LogP contribution in [-0.2, 0) is 6.54 Å². The lowest BCUT2D eigenvalue weighted by molar-refractivity contribution is 0.608. The van der Waals surface area contributed by atoms with Crippen molar-refractivity contribution in [3.05, 3.63) is 71.4 Å². The Morgan fingerprint density at radius 1 is 1.09 bits per heavy atom. The molecule has 23 heavy (non-hydrogen) atoms. The van der Waals surface area contributed by atoms with Crippen LogP contribution in [0, 0.1) is 23.0 Å². The zero-order chi connectivity index (χ0) is 16.4. The first kappa shape index (κ1) is 14.9. The van der Waals surface area contributed by atoms with Gasteiger partial charge in [-0.05, 0) is 30.3 Å². The van der Waals surface area contributed by atoms with Crippen LogP contribution < -0.4 is 5.73 Å². The molecule has 0 amide bonds. The first-order chi connectivity index (χ1) is 11.1. The third kappa shape index (κ3) is 2.82. The molecule has 0 aliphatic rings. The molecule has 2 aromatic carbocycles. The summed E-state index contributed by atoms with van der Waals surface area (Å²) in [6.07, 6.45) is 1.66. The quantitative estimate of drug-likeness (QED) is 0.808. The summed E-state index contributed by atoms with van der Waals surface area (Å²) in [6, 6.07) is 12.4. The van der Waals surface area contributed by atoms with Crippen LogP contribution in [0.25, 0.3) is 16.9 Å². The Morgan fingerprint density at radius 3 is 2.57 bits per heavy atom. The Labute approximate surface area is 131 Å². The molecule has 0 fully saturated rings. The van der Waals surface area contributed by atoms with E-state index < -0.39 is 11.6 Å². The summed E-state index contributed by atoms with van der Waals surface area (Å²) in [7, 11) is 0. The van der Waals surface area contributed by atoms with Crippen LogP contribution in [-0.4, -0.2) is 9.78 Å². The summed E-state index contributed by atoms with van der Waals surface area (Å²) in [5, 5.41) is 13.1. The summed E-state index contributed by atoms with van der Waals surface area (Å²) in [6.45, 7) is 0.126. The van der Waals surface area contributed by atoms with Gasteiger partial charge in [0.1, 0.15) is 17.7 Å². The summed E-state index contributed by atoms with van der Waals surface area (Å²) in [4.78, 5) is 0. The maximum absolute atomic E-state index is 13.8. The molecule has 6 heteroatoms. The molecule has 0 unspecified atom stereocenters. The van der Waals surface area contributed by atoms with Gasteiger partial charge < -0.3 is 5.73 Å². The lowest BCUT2D eigenvalue weighted by Crippen LogP contribution is -2.02. The summed E-state index contributed by atoms with van der Waals surface area (Å²) >= 11 is 0. The van der Waals surface area contributed by atoms with Crippen molar-refractivity contribution in [3.8, 4) is 23.0 Å². The number of aromatic nitrogens is 2. The second-order valence-electron chi connectivity index (χ2n) is 4.93. The van der Waals surface area contributed by atoms with Crippen LogP contribution in [0.1, 0.15) is 11.1 Å². The first-order valence-corrected chi connectivity index (χ1v) is 6.87. The van der Waals surface area contributed by atoms with E-state index >= 15 is 0 Å². The molecule has 0 bridgehead atoms. The zero-order valence-corrected chi connectivity index (χ0v) is 12.0. The van der Waals surface area contributed by atoms with Gasteiger partial charge in [0, 0.05) is 23.9 Å². The van der Waals surface area contributed by atoms with Crippen molar-refractivity contribution < 1.29 is 8.78 Å². The number of nitrogens with zero attached hydrogens (tertiary/aromatic N) is 3. The predicted octanol–water partition coefficient (Wildman–Crippen LogP) is 3.15. The van der Waals surface area contributed by atoms with Gasteiger partial charge in [-0.25, -0.2) is 13.5 Å². The smallest absolute Gasteiger partial charge is 0.141 e. The number of nitriles is 1. The fourth-order valence-electron chi connectivity index (χ4n) is 2.23. The monoisotopic (exact) mass is 310 g/mol. The predicted molar refractivity (Wildman–Crippen MR) is 81.5 cm³/mol. The van der Waals surface area contributed by atoms with E-state index in [0.717, 1.165) is 0 Å². The first-order valence-electron chi connectivity index (χ1n) is 6.87. The summed E-state index contributed by atoms with van der Waals surface area (Å²) < 4.78 is 29.0. The fourth-order valence-corrected chi connectivity index (χ4v) is 2.23. The number of nitrogens with two attached hydrogens (primary N) is 1. The molecule has 0 saturated heterocycles. The lowest BCUT2D eigenvalue weighted by atomic mass is 10.1. The highest BCUT2D eigenvalue weighted by Crippen LogP contribution is 2.22. The zero-order valence-electron chi connectivity index (χ0n) is 12.0. The Bertz CT molecular complexity index is 909. The van der Waals surface area contributed by atoms with Crippen LogP contribution in [0.5, 0.6) is 0 Å². The van der Waals surface area contributed by atoms with Crippen molar-refractivity contribution in [2.75, 3.05) is 0 Å². The number of halogens is 2. The molecule has 0 aliphatic heterocycles. The largest absolute Gasteiger partial charge is 0.326 e. The second kappa shape index (κ2) is 5.99. The van der Waals surface area contributed by atoms with Gasteiger partial charge in [-0.3, -0.25) is 0 Å². The highest BCUT2D eigenvalue weighted by Gasteiger charge is 2.09. The van der Waals surface area contributed by atoms with E-state index in [1.807, 2.05) is 0 Å². The molecule has 3 rings (SSSR count). The van der Waals surface area contributed by atoms with E-state index in [0.29, 0.717) is 22.5 Å². The maximum atomic E-state index is 13.8. The fraction of sp³-hybridized carbons (Fsp3) is 0.0588. The third-order valence-electron chi connectivity index (χ3n) is 3.50. The molecule has 4 nitrogen and oxygen atoms in total. The highest BCUT2D eigenvalue weighted by atomic mass is 19.1. The maximum Gasteiger partial charge on any atom is 0.141 e. The van der Waals surface area contributed by atoms with Crippen molar-refractivity contribution in [2.45, 2.75) is 6.54 Å². The van der Waals surface area contributed by atoms with Gasteiger partial charge in [0.05, 0.1) is 16.9 Å². The number of hydrogen-bond donors (Lipinski definition) is 1. The summed E-state index contributed by atoms with van der Waals surface area (Å²) in [5.41, 5.74) is 7.45. The SMILES string of the molecule is N#Cc1ccc(-c2ccn(-c3ccc(CN)c(F)c3)n2)cc1F. The van der Waals surface area contributed by atoms with Crippen molar-refractivity contribution >= 4 is 0 Å². The van der Waals surface area contributed by atoms with E-state index in [1.54, 1.807) is 36.5 Å². The molecular weight excluding hydrogens is 298 g/mol. The van der Waals surface area contributed by atoms with Crippen LogP contribution in [0.3, 0.4) is 0 Å². The Kier molecular flexibility index (Phi) is 3.87. The number of rotatable bonds is 3. The number of benzene rings is 2. The van der Waals surface area contributed by atoms with Gasteiger partial charge in [0.25, 0.3) is 0 Å².